The van der Waals surface area contributed by atoms with Crippen LogP contribution in [0.5, 0.6) is 11.5 Å². The fourth-order valence-electron chi connectivity index (χ4n) is 2.27. The zero-order valence-electron chi connectivity index (χ0n) is 14.0. The molecule has 2 aromatic rings. The van der Waals surface area contributed by atoms with Gasteiger partial charge in [0.15, 0.2) is 0 Å². The topological polar surface area (TPSA) is 59.6 Å². The summed E-state index contributed by atoms with van der Waals surface area (Å²) >= 11 is 0. The Hall–Kier alpha value is -2.83. The van der Waals surface area contributed by atoms with Crippen molar-refractivity contribution in [3.05, 3.63) is 53.6 Å². The second kappa shape index (κ2) is 8.86. The van der Waals surface area contributed by atoms with E-state index in [4.69, 9.17) is 4.74 Å². The van der Waals surface area contributed by atoms with Crippen LogP contribution in [-0.2, 0) is 6.42 Å². The summed E-state index contributed by atoms with van der Waals surface area (Å²) in [5.41, 5.74) is 1.90. The van der Waals surface area contributed by atoms with Gasteiger partial charge >= 0.3 is 12.6 Å². The maximum Gasteiger partial charge on any atom is 0.387 e. The SMILES string of the molecule is COc1ccc(CCNC(=O)Nc2c(C)cccc2OC(F)F)cc1. The molecule has 0 aliphatic carbocycles. The number of carbonyl (C=O) groups is 1. The van der Waals surface area contributed by atoms with Crippen molar-refractivity contribution in [3.63, 3.8) is 0 Å². The van der Waals surface area contributed by atoms with Gasteiger partial charge in [0.05, 0.1) is 12.8 Å². The van der Waals surface area contributed by atoms with Gasteiger partial charge in [0, 0.05) is 6.54 Å². The van der Waals surface area contributed by atoms with Gasteiger partial charge in [-0.25, -0.2) is 4.79 Å². The number of ether oxygens (including phenoxy) is 2. The summed E-state index contributed by atoms with van der Waals surface area (Å²) in [6.07, 6.45) is 0.631. The first-order valence-corrected chi connectivity index (χ1v) is 7.72. The highest BCUT2D eigenvalue weighted by atomic mass is 19.3. The molecule has 2 rings (SSSR count). The third kappa shape index (κ3) is 5.63. The predicted molar refractivity (Wildman–Crippen MR) is 91.5 cm³/mol. The van der Waals surface area contributed by atoms with Gasteiger partial charge in [-0.3, -0.25) is 0 Å². The maximum absolute atomic E-state index is 12.5. The van der Waals surface area contributed by atoms with Crippen molar-refractivity contribution >= 4 is 11.7 Å². The summed E-state index contributed by atoms with van der Waals surface area (Å²) in [6.45, 7) is -0.860. The number of benzene rings is 2. The molecule has 0 unspecified atom stereocenters. The van der Waals surface area contributed by atoms with Gasteiger partial charge in [0.1, 0.15) is 11.5 Å². The van der Waals surface area contributed by atoms with Crippen LogP contribution in [0.15, 0.2) is 42.5 Å². The zero-order valence-corrected chi connectivity index (χ0v) is 14.0. The van der Waals surface area contributed by atoms with E-state index in [0.717, 1.165) is 11.3 Å². The van der Waals surface area contributed by atoms with Crippen molar-refractivity contribution in [1.29, 1.82) is 0 Å². The highest BCUT2D eigenvalue weighted by Gasteiger charge is 2.13. The summed E-state index contributed by atoms with van der Waals surface area (Å²) in [5, 5.41) is 5.25. The number of rotatable bonds is 7. The molecule has 7 heteroatoms. The molecule has 0 radical (unpaired) electrons. The van der Waals surface area contributed by atoms with Crippen LogP contribution in [-0.4, -0.2) is 26.3 Å². The van der Waals surface area contributed by atoms with Crippen LogP contribution in [0.3, 0.4) is 0 Å². The number of para-hydroxylation sites is 1. The van der Waals surface area contributed by atoms with E-state index in [1.165, 1.54) is 6.07 Å². The molecule has 0 spiro atoms. The number of amides is 2. The highest BCUT2D eigenvalue weighted by molar-refractivity contribution is 5.91. The number of urea groups is 1. The number of carbonyl (C=O) groups excluding carboxylic acids is 1. The van der Waals surface area contributed by atoms with Gasteiger partial charge in [0.25, 0.3) is 0 Å². The Morgan fingerprint density at radius 1 is 1.16 bits per heavy atom. The minimum Gasteiger partial charge on any atom is -0.497 e. The predicted octanol–water partition coefficient (Wildman–Crippen LogP) is 3.97. The molecule has 134 valence electrons. The number of nitrogens with one attached hydrogen (secondary N) is 2. The Balaban J connectivity index is 1.89. The van der Waals surface area contributed by atoms with E-state index in [0.29, 0.717) is 18.5 Å². The van der Waals surface area contributed by atoms with Crippen LogP contribution >= 0.6 is 0 Å². The number of methoxy groups -OCH3 is 1. The number of hydrogen-bond donors (Lipinski definition) is 2. The third-order valence-electron chi connectivity index (χ3n) is 3.55. The molecule has 0 aromatic heterocycles. The van der Waals surface area contributed by atoms with E-state index >= 15 is 0 Å². The second-order valence-electron chi connectivity index (χ2n) is 5.31. The zero-order chi connectivity index (χ0) is 18.2. The fraction of sp³-hybridized carbons (Fsp3) is 0.278. The monoisotopic (exact) mass is 350 g/mol. The number of halogens is 2. The summed E-state index contributed by atoms with van der Waals surface area (Å²) in [4.78, 5) is 12.0. The van der Waals surface area contributed by atoms with Crippen molar-refractivity contribution in [2.24, 2.45) is 0 Å². The van der Waals surface area contributed by atoms with Gasteiger partial charge in [-0.05, 0) is 42.7 Å². The van der Waals surface area contributed by atoms with Crippen LogP contribution in [0.1, 0.15) is 11.1 Å². The van der Waals surface area contributed by atoms with Crippen molar-refractivity contribution in [2.75, 3.05) is 19.0 Å². The minimum absolute atomic E-state index is 0.0692. The summed E-state index contributed by atoms with van der Waals surface area (Å²) < 4.78 is 34.4. The van der Waals surface area contributed by atoms with Gasteiger partial charge in [-0.2, -0.15) is 8.78 Å². The first-order valence-electron chi connectivity index (χ1n) is 7.72. The fourth-order valence-corrected chi connectivity index (χ4v) is 2.27. The van der Waals surface area contributed by atoms with E-state index in [1.807, 2.05) is 24.3 Å². The van der Waals surface area contributed by atoms with E-state index in [1.54, 1.807) is 26.2 Å². The lowest BCUT2D eigenvalue weighted by Gasteiger charge is -2.14. The molecule has 0 aliphatic rings. The molecular weight excluding hydrogens is 330 g/mol. The average Bonchev–Trinajstić information content (AvgIpc) is 2.58. The first-order chi connectivity index (χ1) is 12.0. The molecule has 2 aromatic carbocycles. The lowest BCUT2D eigenvalue weighted by atomic mass is 10.1. The molecule has 0 atom stereocenters. The molecule has 0 bridgehead atoms. The van der Waals surface area contributed by atoms with Crippen molar-refractivity contribution in [2.45, 2.75) is 20.0 Å². The molecular formula is C18H20F2N2O3. The smallest absolute Gasteiger partial charge is 0.387 e. The Morgan fingerprint density at radius 2 is 1.88 bits per heavy atom. The molecule has 0 heterocycles. The van der Waals surface area contributed by atoms with Crippen LogP contribution in [0.25, 0.3) is 0 Å². The molecule has 0 fully saturated rings. The van der Waals surface area contributed by atoms with Crippen molar-refractivity contribution < 1.29 is 23.0 Å². The molecule has 0 aliphatic heterocycles. The van der Waals surface area contributed by atoms with E-state index in [2.05, 4.69) is 15.4 Å². The van der Waals surface area contributed by atoms with Crippen LogP contribution in [0.4, 0.5) is 19.3 Å². The highest BCUT2D eigenvalue weighted by Crippen LogP contribution is 2.29. The molecule has 25 heavy (non-hydrogen) atoms. The van der Waals surface area contributed by atoms with Gasteiger partial charge in [0.2, 0.25) is 0 Å². The van der Waals surface area contributed by atoms with Crippen LogP contribution in [0, 0.1) is 6.92 Å². The Kier molecular flexibility index (Phi) is 6.56. The van der Waals surface area contributed by atoms with Gasteiger partial charge < -0.3 is 20.1 Å². The lowest BCUT2D eigenvalue weighted by Crippen LogP contribution is -2.31. The molecule has 0 saturated heterocycles. The number of hydrogen-bond acceptors (Lipinski definition) is 3. The Bertz CT molecular complexity index is 706. The second-order valence-corrected chi connectivity index (χ2v) is 5.31. The largest absolute Gasteiger partial charge is 0.497 e. The number of alkyl halides is 2. The molecule has 2 amide bonds. The maximum atomic E-state index is 12.5. The number of aryl methyl sites for hydroxylation is 1. The summed E-state index contributed by atoms with van der Waals surface area (Å²) in [5.74, 6) is 0.695. The van der Waals surface area contributed by atoms with E-state index in [-0.39, 0.29) is 11.4 Å². The van der Waals surface area contributed by atoms with Crippen molar-refractivity contribution in [3.8, 4) is 11.5 Å². The molecule has 2 N–H and O–H groups in total. The normalized spacial score (nSPS) is 10.4. The van der Waals surface area contributed by atoms with E-state index < -0.39 is 12.6 Å². The summed E-state index contributed by atoms with van der Waals surface area (Å²) in [7, 11) is 1.60. The standard InChI is InChI=1S/C18H20F2N2O3/c1-12-4-3-5-15(25-17(19)20)16(12)22-18(23)21-11-10-13-6-8-14(24-2)9-7-13/h3-9,17H,10-11H2,1-2H3,(H2,21,22,23). The van der Waals surface area contributed by atoms with E-state index in [9.17, 15) is 13.6 Å². The molecule has 5 nitrogen and oxygen atoms in total. The van der Waals surface area contributed by atoms with Crippen LogP contribution < -0.4 is 20.1 Å². The quantitative estimate of drug-likeness (QED) is 0.794. The Morgan fingerprint density at radius 3 is 2.52 bits per heavy atom. The molecule has 0 saturated carbocycles. The van der Waals surface area contributed by atoms with Crippen molar-refractivity contribution in [1.82, 2.24) is 5.32 Å². The first kappa shape index (κ1) is 18.5. The van der Waals surface area contributed by atoms with Gasteiger partial charge in [-0.15, -0.1) is 0 Å². The number of anilines is 1. The van der Waals surface area contributed by atoms with Crippen LogP contribution in [0.2, 0.25) is 0 Å². The lowest BCUT2D eigenvalue weighted by molar-refractivity contribution is -0.0493. The Labute approximate surface area is 144 Å². The summed E-state index contributed by atoms with van der Waals surface area (Å²) in [6, 6.07) is 11.7. The van der Waals surface area contributed by atoms with Gasteiger partial charge in [-0.1, -0.05) is 24.3 Å². The third-order valence-corrected chi connectivity index (χ3v) is 3.55. The minimum atomic E-state index is -2.96. The average molecular weight is 350 g/mol.